The summed E-state index contributed by atoms with van der Waals surface area (Å²) in [6.45, 7) is -0.555. The van der Waals surface area contributed by atoms with Gasteiger partial charge in [0.1, 0.15) is 6.67 Å². The maximum atomic E-state index is 11.7. The number of hydrogen-bond donors (Lipinski definition) is 1. The number of carbonyl (C=O) groups is 1. The number of carbonyl (C=O) groups excluding carboxylic acids is 1. The van der Waals surface area contributed by atoms with Gasteiger partial charge in [0.05, 0.1) is 10.6 Å². The fourth-order valence-corrected chi connectivity index (χ4v) is 1.12. The van der Waals surface area contributed by atoms with Crippen LogP contribution in [0.2, 0.25) is 5.02 Å². The lowest BCUT2D eigenvalue weighted by atomic mass is 10.2. The van der Waals surface area contributed by atoms with Crippen LogP contribution >= 0.6 is 11.6 Å². The summed E-state index contributed by atoms with van der Waals surface area (Å²) < 4.78 is 11.7. The summed E-state index contributed by atoms with van der Waals surface area (Å²) >= 11 is 5.74. The lowest BCUT2D eigenvalue weighted by Crippen LogP contribution is -2.25. The number of nitrogens with one attached hydrogen (secondary N) is 1. The standard InChI is InChI=1S/C9H9ClFNO/c10-8-4-2-1-3-7(8)9(13)12-6-5-11/h1-4H,5-6H2,(H,12,13). The van der Waals surface area contributed by atoms with Gasteiger partial charge >= 0.3 is 0 Å². The Morgan fingerprint density at radius 1 is 1.46 bits per heavy atom. The molecular formula is C9H9ClFNO. The second kappa shape index (κ2) is 4.82. The van der Waals surface area contributed by atoms with E-state index in [0.29, 0.717) is 10.6 Å². The fourth-order valence-electron chi connectivity index (χ4n) is 0.901. The molecule has 0 radical (unpaired) electrons. The maximum Gasteiger partial charge on any atom is 0.252 e. The lowest BCUT2D eigenvalue weighted by Gasteiger charge is -2.03. The second-order valence-corrected chi connectivity index (χ2v) is 2.83. The Labute approximate surface area is 80.7 Å². The van der Waals surface area contributed by atoms with Crippen molar-refractivity contribution in [2.45, 2.75) is 0 Å². The SMILES string of the molecule is O=C(NCCF)c1ccccc1Cl. The molecule has 0 fully saturated rings. The highest BCUT2D eigenvalue weighted by Gasteiger charge is 2.07. The Hall–Kier alpha value is -1.09. The van der Waals surface area contributed by atoms with Crippen LogP contribution in [0.15, 0.2) is 24.3 Å². The topological polar surface area (TPSA) is 29.1 Å². The molecule has 0 saturated carbocycles. The average molecular weight is 202 g/mol. The third-order valence-electron chi connectivity index (χ3n) is 1.50. The molecule has 1 rings (SSSR count). The Morgan fingerprint density at radius 2 is 2.15 bits per heavy atom. The number of amides is 1. The summed E-state index contributed by atoms with van der Waals surface area (Å²) in [7, 11) is 0. The summed E-state index contributed by atoms with van der Waals surface area (Å²) in [5.74, 6) is -0.344. The van der Waals surface area contributed by atoms with Gasteiger partial charge in [-0.1, -0.05) is 23.7 Å². The molecular weight excluding hydrogens is 193 g/mol. The third-order valence-corrected chi connectivity index (χ3v) is 1.83. The van der Waals surface area contributed by atoms with Gasteiger partial charge in [-0.2, -0.15) is 0 Å². The molecule has 0 aliphatic rings. The normalized spacial score (nSPS) is 9.69. The van der Waals surface area contributed by atoms with E-state index in [-0.39, 0.29) is 12.5 Å². The molecule has 13 heavy (non-hydrogen) atoms. The lowest BCUT2D eigenvalue weighted by molar-refractivity contribution is 0.0951. The van der Waals surface area contributed by atoms with Crippen molar-refractivity contribution in [2.75, 3.05) is 13.2 Å². The van der Waals surface area contributed by atoms with Crippen molar-refractivity contribution >= 4 is 17.5 Å². The first-order chi connectivity index (χ1) is 6.25. The van der Waals surface area contributed by atoms with Gasteiger partial charge in [-0.15, -0.1) is 0 Å². The summed E-state index contributed by atoms with van der Waals surface area (Å²) in [5.41, 5.74) is 0.373. The number of alkyl halides is 1. The Bertz CT molecular complexity index is 303. The Kier molecular flexibility index (Phi) is 3.71. The van der Waals surface area contributed by atoms with Crippen molar-refractivity contribution in [3.8, 4) is 0 Å². The second-order valence-electron chi connectivity index (χ2n) is 2.42. The zero-order valence-corrected chi connectivity index (χ0v) is 7.64. The number of hydrogen-bond acceptors (Lipinski definition) is 1. The molecule has 1 amide bonds. The smallest absolute Gasteiger partial charge is 0.252 e. The largest absolute Gasteiger partial charge is 0.349 e. The molecule has 0 aliphatic carbocycles. The average Bonchev–Trinajstić information content (AvgIpc) is 2.15. The third kappa shape index (κ3) is 2.70. The summed E-state index contributed by atoms with van der Waals surface area (Å²) in [4.78, 5) is 11.3. The van der Waals surface area contributed by atoms with Gasteiger partial charge in [-0.25, -0.2) is 4.39 Å². The van der Waals surface area contributed by atoms with Gasteiger partial charge in [-0.05, 0) is 12.1 Å². The first kappa shape index (κ1) is 9.99. The number of rotatable bonds is 3. The van der Waals surface area contributed by atoms with Gasteiger partial charge in [0, 0.05) is 6.54 Å². The van der Waals surface area contributed by atoms with E-state index in [1.165, 1.54) is 0 Å². The van der Waals surface area contributed by atoms with E-state index in [9.17, 15) is 9.18 Å². The van der Waals surface area contributed by atoms with Gasteiger partial charge in [0.25, 0.3) is 5.91 Å². The highest BCUT2D eigenvalue weighted by molar-refractivity contribution is 6.33. The van der Waals surface area contributed by atoms with E-state index in [1.54, 1.807) is 24.3 Å². The zero-order chi connectivity index (χ0) is 9.68. The van der Waals surface area contributed by atoms with Gasteiger partial charge in [0.2, 0.25) is 0 Å². The molecule has 4 heteroatoms. The van der Waals surface area contributed by atoms with Gasteiger partial charge in [0.15, 0.2) is 0 Å². The van der Waals surface area contributed by atoms with E-state index >= 15 is 0 Å². The minimum Gasteiger partial charge on any atom is -0.349 e. The number of benzene rings is 1. The first-order valence-electron chi connectivity index (χ1n) is 3.84. The first-order valence-corrected chi connectivity index (χ1v) is 4.22. The quantitative estimate of drug-likeness (QED) is 0.797. The minimum absolute atomic E-state index is 0.0179. The molecule has 0 aromatic heterocycles. The van der Waals surface area contributed by atoms with Crippen molar-refractivity contribution in [1.82, 2.24) is 5.32 Å². The molecule has 1 N–H and O–H groups in total. The van der Waals surface area contributed by atoms with Gasteiger partial charge < -0.3 is 5.32 Å². The monoisotopic (exact) mass is 201 g/mol. The zero-order valence-electron chi connectivity index (χ0n) is 6.89. The molecule has 0 spiro atoms. The molecule has 0 saturated heterocycles. The van der Waals surface area contributed by atoms with Gasteiger partial charge in [-0.3, -0.25) is 4.79 Å². The molecule has 1 aromatic carbocycles. The number of halogens is 2. The molecule has 70 valence electrons. The Balaban J connectivity index is 2.71. The highest BCUT2D eigenvalue weighted by atomic mass is 35.5. The van der Waals surface area contributed by atoms with Crippen molar-refractivity contribution < 1.29 is 9.18 Å². The highest BCUT2D eigenvalue weighted by Crippen LogP contribution is 2.14. The van der Waals surface area contributed by atoms with E-state index in [4.69, 9.17) is 11.6 Å². The summed E-state index contributed by atoms with van der Waals surface area (Å²) in [6.07, 6.45) is 0. The molecule has 0 heterocycles. The van der Waals surface area contributed by atoms with E-state index < -0.39 is 6.67 Å². The summed E-state index contributed by atoms with van der Waals surface area (Å²) in [5, 5.41) is 2.77. The van der Waals surface area contributed by atoms with E-state index in [0.717, 1.165) is 0 Å². The van der Waals surface area contributed by atoms with Crippen LogP contribution in [0, 0.1) is 0 Å². The maximum absolute atomic E-state index is 11.7. The van der Waals surface area contributed by atoms with Crippen LogP contribution in [0.4, 0.5) is 4.39 Å². The van der Waals surface area contributed by atoms with Crippen LogP contribution in [0.25, 0.3) is 0 Å². The van der Waals surface area contributed by atoms with Crippen molar-refractivity contribution in [3.05, 3.63) is 34.9 Å². The molecule has 1 aromatic rings. The van der Waals surface area contributed by atoms with Crippen LogP contribution in [-0.4, -0.2) is 19.1 Å². The predicted molar refractivity (Wildman–Crippen MR) is 49.8 cm³/mol. The van der Waals surface area contributed by atoms with E-state index in [1.807, 2.05) is 0 Å². The van der Waals surface area contributed by atoms with Crippen molar-refractivity contribution in [3.63, 3.8) is 0 Å². The van der Waals surface area contributed by atoms with Crippen LogP contribution < -0.4 is 5.32 Å². The summed E-state index contributed by atoms with van der Waals surface area (Å²) in [6, 6.07) is 6.65. The van der Waals surface area contributed by atoms with Crippen LogP contribution in [-0.2, 0) is 0 Å². The molecule has 0 aliphatic heterocycles. The molecule has 0 bridgehead atoms. The predicted octanol–water partition coefficient (Wildman–Crippen LogP) is 2.04. The Morgan fingerprint density at radius 3 is 2.77 bits per heavy atom. The van der Waals surface area contributed by atoms with E-state index in [2.05, 4.69) is 5.32 Å². The fraction of sp³-hybridized carbons (Fsp3) is 0.222. The van der Waals surface area contributed by atoms with Crippen LogP contribution in [0.3, 0.4) is 0 Å². The van der Waals surface area contributed by atoms with Crippen LogP contribution in [0.1, 0.15) is 10.4 Å². The minimum atomic E-state index is -0.573. The molecule has 0 atom stereocenters. The molecule has 2 nitrogen and oxygen atoms in total. The molecule has 0 unspecified atom stereocenters. The van der Waals surface area contributed by atoms with Crippen molar-refractivity contribution in [2.24, 2.45) is 0 Å². The van der Waals surface area contributed by atoms with Crippen LogP contribution in [0.5, 0.6) is 0 Å². The van der Waals surface area contributed by atoms with Crippen molar-refractivity contribution in [1.29, 1.82) is 0 Å².